The van der Waals surface area contributed by atoms with Crippen LogP contribution >= 0.6 is 38.9 Å². The van der Waals surface area contributed by atoms with Gasteiger partial charge in [-0.25, -0.2) is 0 Å². The fourth-order valence-electron chi connectivity index (χ4n) is 1.81. The minimum Gasteiger partial charge on any atom is -0.323 e. The molecule has 0 saturated carbocycles. The summed E-state index contributed by atoms with van der Waals surface area (Å²) in [5.74, 6) is 0. The topological polar surface area (TPSA) is 26.0 Å². The van der Waals surface area contributed by atoms with E-state index in [1.807, 2.05) is 18.2 Å². The fraction of sp³-hybridized carbons (Fsp3) is 0.286. The zero-order chi connectivity index (χ0) is 13.1. The minimum atomic E-state index is 0.0222. The predicted molar refractivity (Wildman–Crippen MR) is 83.5 cm³/mol. The van der Waals surface area contributed by atoms with Crippen molar-refractivity contribution in [2.24, 2.45) is 5.73 Å². The molecule has 0 radical (unpaired) electrons. The zero-order valence-corrected chi connectivity index (χ0v) is 13.3. The van der Waals surface area contributed by atoms with Gasteiger partial charge in [-0.2, -0.15) is 0 Å². The number of halogens is 2. The van der Waals surface area contributed by atoms with Gasteiger partial charge in [0.05, 0.1) is 0 Å². The molecule has 18 heavy (non-hydrogen) atoms. The SMILES string of the molecule is CCc1ccc(C(N)Cc2ccc(Br)cc2Cl)s1. The molecule has 4 heteroatoms. The van der Waals surface area contributed by atoms with Crippen LogP contribution < -0.4 is 5.73 Å². The van der Waals surface area contributed by atoms with E-state index in [9.17, 15) is 0 Å². The van der Waals surface area contributed by atoms with Crippen molar-refractivity contribution in [1.29, 1.82) is 0 Å². The van der Waals surface area contributed by atoms with Crippen LogP contribution in [0.2, 0.25) is 5.02 Å². The average molecular weight is 345 g/mol. The Hall–Kier alpha value is -0.350. The van der Waals surface area contributed by atoms with Crippen LogP contribution in [-0.2, 0) is 12.8 Å². The van der Waals surface area contributed by atoms with Gasteiger partial charge in [-0.05, 0) is 42.7 Å². The first-order valence-electron chi connectivity index (χ1n) is 5.88. The molecule has 2 aromatic rings. The van der Waals surface area contributed by atoms with Crippen LogP contribution in [0.25, 0.3) is 0 Å². The molecular weight excluding hydrogens is 330 g/mol. The third-order valence-corrected chi connectivity index (χ3v) is 5.06. The summed E-state index contributed by atoms with van der Waals surface area (Å²) in [5, 5.41) is 0.770. The predicted octanol–water partition coefficient (Wildman–Crippen LogP) is 4.97. The Balaban J connectivity index is 2.13. The molecule has 1 aromatic carbocycles. The van der Waals surface area contributed by atoms with E-state index in [1.165, 1.54) is 9.75 Å². The van der Waals surface area contributed by atoms with E-state index in [0.29, 0.717) is 0 Å². The van der Waals surface area contributed by atoms with Gasteiger partial charge in [0.25, 0.3) is 0 Å². The molecule has 1 aromatic heterocycles. The lowest BCUT2D eigenvalue weighted by Crippen LogP contribution is -2.12. The number of rotatable bonds is 4. The van der Waals surface area contributed by atoms with Gasteiger partial charge in [0.15, 0.2) is 0 Å². The van der Waals surface area contributed by atoms with Gasteiger partial charge in [0, 0.05) is 25.3 Å². The lowest BCUT2D eigenvalue weighted by molar-refractivity contribution is 0.736. The quantitative estimate of drug-likeness (QED) is 0.832. The highest BCUT2D eigenvalue weighted by atomic mass is 79.9. The highest BCUT2D eigenvalue weighted by Gasteiger charge is 2.12. The van der Waals surface area contributed by atoms with Crippen LogP contribution in [0.1, 0.15) is 28.3 Å². The van der Waals surface area contributed by atoms with Crippen molar-refractivity contribution in [1.82, 2.24) is 0 Å². The summed E-state index contributed by atoms with van der Waals surface area (Å²) in [6.45, 7) is 2.16. The average Bonchev–Trinajstić information content (AvgIpc) is 2.81. The molecule has 0 aliphatic rings. The highest BCUT2D eigenvalue weighted by molar-refractivity contribution is 9.10. The Bertz CT molecular complexity index is 538. The van der Waals surface area contributed by atoms with Crippen molar-refractivity contribution in [2.45, 2.75) is 25.8 Å². The van der Waals surface area contributed by atoms with Crippen molar-refractivity contribution in [3.8, 4) is 0 Å². The zero-order valence-electron chi connectivity index (χ0n) is 10.1. The summed E-state index contributed by atoms with van der Waals surface area (Å²) in [5.41, 5.74) is 7.34. The Kier molecular flexibility index (Phi) is 4.84. The van der Waals surface area contributed by atoms with Gasteiger partial charge in [-0.15, -0.1) is 11.3 Å². The van der Waals surface area contributed by atoms with E-state index in [1.54, 1.807) is 11.3 Å². The molecule has 2 N–H and O–H groups in total. The molecule has 0 spiro atoms. The first-order chi connectivity index (χ1) is 8.60. The molecule has 2 rings (SSSR count). The molecule has 1 unspecified atom stereocenters. The van der Waals surface area contributed by atoms with Gasteiger partial charge >= 0.3 is 0 Å². The van der Waals surface area contributed by atoms with Crippen molar-refractivity contribution >= 4 is 38.9 Å². The number of hydrogen-bond donors (Lipinski definition) is 1. The molecule has 0 fully saturated rings. The summed E-state index contributed by atoms with van der Waals surface area (Å²) >= 11 is 11.4. The van der Waals surface area contributed by atoms with Crippen LogP contribution in [0.5, 0.6) is 0 Å². The molecule has 0 saturated heterocycles. The standard InChI is InChI=1S/C14H15BrClNS/c1-2-11-5-6-14(18-11)13(17)7-9-3-4-10(15)8-12(9)16/h3-6,8,13H,2,7,17H2,1H3. The molecule has 0 bridgehead atoms. The normalized spacial score (nSPS) is 12.7. The van der Waals surface area contributed by atoms with Gasteiger partial charge in [-0.1, -0.05) is 40.5 Å². The maximum atomic E-state index is 6.24. The lowest BCUT2D eigenvalue weighted by Gasteiger charge is -2.11. The first kappa shape index (κ1) is 14.1. The smallest absolute Gasteiger partial charge is 0.0449 e. The first-order valence-corrected chi connectivity index (χ1v) is 7.87. The monoisotopic (exact) mass is 343 g/mol. The number of nitrogens with two attached hydrogens (primary N) is 1. The maximum Gasteiger partial charge on any atom is 0.0449 e. The third-order valence-electron chi connectivity index (χ3n) is 2.85. The molecule has 1 nitrogen and oxygen atoms in total. The van der Waals surface area contributed by atoms with Crippen molar-refractivity contribution in [3.63, 3.8) is 0 Å². The second-order valence-electron chi connectivity index (χ2n) is 4.20. The van der Waals surface area contributed by atoms with Crippen molar-refractivity contribution < 1.29 is 0 Å². The van der Waals surface area contributed by atoms with Crippen LogP contribution in [0.4, 0.5) is 0 Å². The Labute approximate surface area is 125 Å². The van der Waals surface area contributed by atoms with Crippen molar-refractivity contribution in [2.75, 3.05) is 0 Å². The molecule has 96 valence electrons. The summed E-state index contributed by atoms with van der Waals surface area (Å²) in [7, 11) is 0. The summed E-state index contributed by atoms with van der Waals surface area (Å²) < 4.78 is 0.995. The highest BCUT2D eigenvalue weighted by Crippen LogP contribution is 2.28. The van der Waals surface area contributed by atoms with E-state index >= 15 is 0 Å². The lowest BCUT2D eigenvalue weighted by atomic mass is 10.1. The van der Waals surface area contributed by atoms with Crippen LogP contribution in [0.15, 0.2) is 34.8 Å². The molecule has 0 amide bonds. The van der Waals surface area contributed by atoms with Crippen molar-refractivity contribution in [3.05, 3.63) is 55.1 Å². The van der Waals surface area contributed by atoms with Gasteiger partial charge in [0.2, 0.25) is 0 Å². The Morgan fingerprint density at radius 1 is 1.33 bits per heavy atom. The Morgan fingerprint density at radius 3 is 2.72 bits per heavy atom. The van der Waals surface area contributed by atoms with E-state index in [0.717, 1.165) is 27.9 Å². The molecule has 1 heterocycles. The number of aryl methyl sites for hydroxylation is 1. The van der Waals surface area contributed by atoms with Crippen LogP contribution in [-0.4, -0.2) is 0 Å². The fourth-order valence-corrected chi connectivity index (χ4v) is 3.51. The molecule has 1 atom stereocenters. The van der Waals surface area contributed by atoms with Gasteiger partial charge in [-0.3, -0.25) is 0 Å². The van der Waals surface area contributed by atoms with Gasteiger partial charge in [0.1, 0.15) is 0 Å². The summed E-state index contributed by atoms with van der Waals surface area (Å²) in [4.78, 5) is 2.60. The third kappa shape index (κ3) is 3.35. The number of hydrogen-bond acceptors (Lipinski definition) is 2. The largest absolute Gasteiger partial charge is 0.323 e. The summed E-state index contributed by atoms with van der Waals surface area (Å²) in [6, 6.07) is 10.2. The molecule has 0 aliphatic carbocycles. The van der Waals surface area contributed by atoms with Crippen LogP contribution in [0.3, 0.4) is 0 Å². The van der Waals surface area contributed by atoms with E-state index in [2.05, 4.69) is 35.0 Å². The number of thiophene rings is 1. The maximum absolute atomic E-state index is 6.24. The van der Waals surface area contributed by atoms with Crippen LogP contribution in [0, 0.1) is 0 Å². The second kappa shape index (κ2) is 6.20. The minimum absolute atomic E-state index is 0.0222. The molecule has 0 aliphatic heterocycles. The van der Waals surface area contributed by atoms with E-state index < -0.39 is 0 Å². The number of benzene rings is 1. The van der Waals surface area contributed by atoms with Gasteiger partial charge < -0.3 is 5.73 Å². The second-order valence-corrected chi connectivity index (χ2v) is 6.73. The Morgan fingerprint density at radius 2 is 2.11 bits per heavy atom. The van der Waals surface area contributed by atoms with E-state index in [-0.39, 0.29) is 6.04 Å². The summed E-state index contributed by atoms with van der Waals surface area (Å²) in [6.07, 6.45) is 1.84. The van der Waals surface area contributed by atoms with E-state index in [4.69, 9.17) is 17.3 Å². The molecular formula is C14H15BrClNS.